The molecule has 3 aromatic rings. The maximum absolute atomic E-state index is 7.59. The van der Waals surface area contributed by atoms with Gasteiger partial charge in [0, 0.05) is 18.3 Å². The Labute approximate surface area is 184 Å². The van der Waals surface area contributed by atoms with E-state index in [2.05, 4.69) is 36.2 Å². The van der Waals surface area contributed by atoms with Gasteiger partial charge in [0.2, 0.25) is 5.89 Å². The minimum absolute atomic E-state index is 0.701. The van der Waals surface area contributed by atoms with Gasteiger partial charge in [0.05, 0.1) is 5.69 Å². The molecule has 2 aromatic carbocycles. The van der Waals surface area contributed by atoms with Crippen molar-refractivity contribution in [1.29, 1.82) is 5.41 Å². The zero-order chi connectivity index (χ0) is 21.6. The zero-order valence-corrected chi connectivity index (χ0v) is 18.1. The van der Waals surface area contributed by atoms with Gasteiger partial charge in [-0.25, -0.2) is 4.98 Å². The molecule has 1 aliphatic heterocycles. The van der Waals surface area contributed by atoms with Gasteiger partial charge in [0.15, 0.2) is 0 Å². The fourth-order valence-corrected chi connectivity index (χ4v) is 4.14. The molecule has 4 nitrogen and oxygen atoms in total. The van der Waals surface area contributed by atoms with Gasteiger partial charge in [-0.3, -0.25) is 0 Å². The summed E-state index contributed by atoms with van der Waals surface area (Å²) in [6, 6.07) is 18.9. The van der Waals surface area contributed by atoms with Crippen molar-refractivity contribution in [1.82, 2.24) is 10.3 Å². The number of hydrogen-bond acceptors (Lipinski definition) is 4. The van der Waals surface area contributed by atoms with E-state index in [0.717, 1.165) is 66.9 Å². The molecule has 0 bridgehead atoms. The van der Waals surface area contributed by atoms with Crippen molar-refractivity contribution in [2.75, 3.05) is 13.1 Å². The van der Waals surface area contributed by atoms with E-state index in [0.29, 0.717) is 5.89 Å². The minimum atomic E-state index is 0.701. The number of rotatable bonds is 8. The maximum atomic E-state index is 7.59. The third-order valence-corrected chi connectivity index (χ3v) is 5.85. The Balaban J connectivity index is 1.45. The van der Waals surface area contributed by atoms with Crippen LogP contribution in [0.3, 0.4) is 0 Å². The lowest BCUT2D eigenvalue weighted by molar-refractivity contribution is 0.538. The number of nitrogens with zero attached hydrogens (tertiary/aromatic N) is 1. The third kappa shape index (κ3) is 4.92. The van der Waals surface area contributed by atoms with Crippen molar-refractivity contribution in [2.24, 2.45) is 0 Å². The van der Waals surface area contributed by atoms with E-state index in [1.165, 1.54) is 22.9 Å². The topological polar surface area (TPSA) is 61.9 Å². The first-order valence-corrected chi connectivity index (χ1v) is 10.9. The Morgan fingerprint density at radius 1 is 1.13 bits per heavy atom. The normalized spacial score (nSPS) is 14.0. The van der Waals surface area contributed by atoms with Crippen molar-refractivity contribution in [3.05, 3.63) is 94.9 Å². The Kier molecular flexibility index (Phi) is 6.58. The second-order valence-electron chi connectivity index (χ2n) is 8.00. The molecule has 0 unspecified atom stereocenters. The average Bonchev–Trinajstić information content (AvgIpc) is 3.20. The second-order valence-corrected chi connectivity index (χ2v) is 8.00. The molecule has 1 aliphatic rings. The third-order valence-electron chi connectivity index (χ3n) is 5.85. The van der Waals surface area contributed by atoms with Gasteiger partial charge < -0.3 is 15.1 Å². The molecule has 0 atom stereocenters. The lowest BCUT2D eigenvalue weighted by Gasteiger charge is -2.22. The highest BCUT2D eigenvalue weighted by molar-refractivity contribution is 5.88. The first-order valence-electron chi connectivity index (χ1n) is 10.9. The predicted molar refractivity (Wildman–Crippen MR) is 127 cm³/mol. The fraction of sp³-hybridized carbons (Fsp3) is 0.259. The highest BCUT2D eigenvalue weighted by atomic mass is 16.4. The van der Waals surface area contributed by atoms with Crippen molar-refractivity contribution < 1.29 is 4.42 Å². The van der Waals surface area contributed by atoms with E-state index in [4.69, 9.17) is 14.8 Å². The molecule has 1 aromatic heterocycles. The summed E-state index contributed by atoms with van der Waals surface area (Å²) >= 11 is 0. The molecule has 4 rings (SSSR count). The number of nitrogens with one attached hydrogen (secondary N) is 2. The summed E-state index contributed by atoms with van der Waals surface area (Å²) < 4.78 is 5.90. The lowest BCUT2D eigenvalue weighted by atomic mass is 9.89. The van der Waals surface area contributed by atoms with Crippen molar-refractivity contribution in [2.45, 2.75) is 32.6 Å². The van der Waals surface area contributed by atoms with Crippen LogP contribution in [-0.4, -0.2) is 24.3 Å². The summed E-state index contributed by atoms with van der Waals surface area (Å²) in [6.45, 7) is 7.79. The first kappa shape index (κ1) is 21.0. The van der Waals surface area contributed by atoms with Gasteiger partial charge in [-0.1, -0.05) is 49.0 Å². The van der Waals surface area contributed by atoms with Crippen LogP contribution < -0.4 is 5.32 Å². The Morgan fingerprint density at radius 3 is 2.74 bits per heavy atom. The van der Waals surface area contributed by atoms with Crippen LogP contribution in [0.2, 0.25) is 0 Å². The van der Waals surface area contributed by atoms with Crippen LogP contribution in [0.15, 0.2) is 76.7 Å². The van der Waals surface area contributed by atoms with Gasteiger partial charge in [-0.05, 0) is 79.1 Å². The highest BCUT2D eigenvalue weighted by Gasteiger charge is 2.16. The van der Waals surface area contributed by atoms with E-state index in [9.17, 15) is 0 Å². The van der Waals surface area contributed by atoms with E-state index >= 15 is 0 Å². The predicted octanol–water partition coefficient (Wildman–Crippen LogP) is 5.78. The molecule has 0 fully saturated rings. The van der Waals surface area contributed by atoms with Crippen LogP contribution in [0.4, 0.5) is 0 Å². The van der Waals surface area contributed by atoms with Gasteiger partial charge in [0.1, 0.15) is 5.76 Å². The summed E-state index contributed by atoms with van der Waals surface area (Å²) in [7, 11) is 0. The number of benzene rings is 2. The Hall–Kier alpha value is -3.24. The molecule has 0 spiro atoms. The summed E-state index contributed by atoms with van der Waals surface area (Å²) in [5, 5.41) is 11.0. The number of oxazole rings is 1. The molecule has 4 heteroatoms. The van der Waals surface area contributed by atoms with E-state index in [-0.39, 0.29) is 0 Å². The molecule has 0 saturated heterocycles. The molecule has 0 aliphatic carbocycles. The molecule has 0 saturated carbocycles. The molecule has 2 heterocycles. The minimum Gasteiger partial charge on any atom is -0.441 e. The van der Waals surface area contributed by atoms with Crippen LogP contribution in [0.5, 0.6) is 0 Å². The van der Waals surface area contributed by atoms with Crippen LogP contribution >= 0.6 is 0 Å². The quantitative estimate of drug-likeness (QED) is 0.462. The summed E-state index contributed by atoms with van der Waals surface area (Å²) in [4.78, 5) is 4.73. The standard InChI is InChI=1S/C27H29N3O/c1-19(17-28)25-18-29-15-14-24(25)23-12-6-8-21(16-23)9-7-13-26-20(2)31-27(30-26)22-10-4-3-5-11-22/h3-6,8,10-12,16-17,28-29H,1,7,9,13-15,18H2,2H3. The average molecular weight is 412 g/mol. The zero-order valence-electron chi connectivity index (χ0n) is 18.1. The second kappa shape index (κ2) is 9.71. The Bertz CT molecular complexity index is 1110. The smallest absolute Gasteiger partial charge is 0.226 e. The van der Waals surface area contributed by atoms with Gasteiger partial charge in [-0.2, -0.15) is 0 Å². The Morgan fingerprint density at radius 2 is 1.94 bits per heavy atom. The summed E-state index contributed by atoms with van der Waals surface area (Å²) in [6.07, 6.45) is 5.23. The molecule has 2 N–H and O–H groups in total. The monoisotopic (exact) mass is 411 g/mol. The molecule has 158 valence electrons. The fourth-order valence-electron chi connectivity index (χ4n) is 4.14. The van der Waals surface area contributed by atoms with Crippen LogP contribution in [0.25, 0.3) is 17.0 Å². The van der Waals surface area contributed by atoms with Crippen LogP contribution in [0.1, 0.15) is 35.4 Å². The van der Waals surface area contributed by atoms with Crippen molar-refractivity contribution in [3.8, 4) is 11.5 Å². The first-order chi connectivity index (χ1) is 15.2. The SMILES string of the molecule is C=C(C=N)C1=C(c2cccc(CCCc3nc(-c4ccccc4)oc3C)c2)CCNC1. The number of aryl methyl sites for hydroxylation is 3. The molecule has 0 radical (unpaired) electrons. The highest BCUT2D eigenvalue weighted by Crippen LogP contribution is 2.29. The van der Waals surface area contributed by atoms with Gasteiger partial charge in [0.25, 0.3) is 0 Å². The number of hydrogen-bond donors (Lipinski definition) is 2. The van der Waals surface area contributed by atoms with E-state index in [1.54, 1.807) is 0 Å². The van der Waals surface area contributed by atoms with Crippen molar-refractivity contribution in [3.63, 3.8) is 0 Å². The van der Waals surface area contributed by atoms with E-state index < -0.39 is 0 Å². The van der Waals surface area contributed by atoms with Crippen LogP contribution in [0, 0.1) is 12.3 Å². The largest absolute Gasteiger partial charge is 0.441 e. The molecule has 31 heavy (non-hydrogen) atoms. The summed E-state index contributed by atoms with van der Waals surface area (Å²) in [5.41, 5.74) is 7.90. The van der Waals surface area contributed by atoms with E-state index in [1.807, 2.05) is 37.3 Å². The summed E-state index contributed by atoms with van der Waals surface area (Å²) in [5.74, 6) is 1.61. The number of aromatic nitrogens is 1. The van der Waals surface area contributed by atoms with Crippen molar-refractivity contribution >= 4 is 11.8 Å². The molecular formula is C27H29N3O. The molecular weight excluding hydrogens is 382 g/mol. The molecule has 0 amide bonds. The van der Waals surface area contributed by atoms with Gasteiger partial charge >= 0.3 is 0 Å². The van der Waals surface area contributed by atoms with Crippen LogP contribution in [-0.2, 0) is 12.8 Å². The maximum Gasteiger partial charge on any atom is 0.226 e. The lowest BCUT2D eigenvalue weighted by Crippen LogP contribution is -2.25. The van der Waals surface area contributed by atoms with Gasteiger partial charge in [-0.15, -0.1) is 0 Å².